The molecule has 1 aliphatic carbocycles. The van der Waals surface area contributed by atoms with Crippen LogP contribution in [0.15, 0.2) is 0 Å². The molecule has 5 nitrogen and oxygen atoms in total. The molecule has 5 heteroatoms. The van der Waals surface area contributed by atoms with Crippen molar-refractivity contribution in [2.24, 2.45) is 11.3 Å². The molecular weight excluding hydrogens is 280 g/mol. The third-order valence-electron chi connectivity index (χ3n) is 5.82. The van der Waals surface area contributed by atoms with E-state index < -0.39 is 5.97 Å². The molecule has 22 heavy (non-hydrogen) atoms. The van der Waals surface area contributed by atoms with Gasteiger partial charge < -0.3 is 10.0 Å². The maximum absolute atomic E-state index is 13.0. The van der Waals surface area contributed by atoms with Crippen LogP contribution in [0.3, 0.4) is 0 Å². The molecule has 2 saturated heterocycles. The van der Waals surface area contributed by atoms with Crippen LogP contribution in [0.5, 0.6) is 0 Å². The standard InChI is InChI=1S/C17H28N2O3/c20-15(21)12-18-10-8-17(13-18)7-4-9-19(16(17)22)11-14-5-2-1-3-6-14/h14H,1-13H2,(H,20,21)/t17-/m0/s1. The summed E-state index contributed by atoms with van der Waals surface area (Å²) in [6.45, 7) is 3.28. The van der Waals surface area contributed by atoms with E-state index in [2.05, 4.69) is 4.90 Å². The molecule has 1 N–H and O–H groups in total. The van der Waals surface area contributed by atoms with Gasteiger partial charge in [-0.15, -0.1) is 0 Å². The van der Waals surface area contributed by atoms with E-state index in [0.717, 1.165) is 38.9 Å². The predicted octanol–water partition coefficient (Wildman–Crippen LogP) is 1.97. The van der Waals surface area contributed by atoms with Gasteiger partial charge >= 0.3 is 5.97 Å². The number of carbonyl (C=O) groups is 2. The lowest BCUT2D eigenvalue weighted by Crippen LogP contribution is -2.51. The van der Waals surface area contributed by atoms with Crippen LogP contribution in [-0.2, 0) is 9.59 Å². The summed E-state index contributed by atoms with van der Waals surface area (Å²) in [6, 6.07) is 0. The van der Waals surface area contributed by atoms with Gasteiger partial charge in [0, 0.05) is 19.6 Å². The minimum Gasteiger partial charge on any atom is -0.480 e. The van der Waals surface area contributed by atoms with E-state index in [0.29, 0.717) is 18.4 Å². The van der Waals surface area contributed by atoms with Crippen LogP contribution in [0.4, 0.5) is 0 Å². The Hall–Kier alpha value is -1.10. The van der Waals surface area contributed by atoms with Crippen molar-refractivity contribution >= 4 is 11.9 Å². The number of hydrogen-bond acceptors (Lipinski definition) is 3. The normalized spacial score (nSPS) is 31.1. The molecule has 1 saturated carbocycles. The zero-order chi connectivity index (χ0) is 15.6. The number of carboxylic acid groups (broad SMARTS) is 1. The van der Waals surface area contributed by atoms with Gasteiger partial charge in [0.1, 0.15) is 0 Å². The van der Waals surface area contributed by atoms with Gasteiger partial charge in [-0.2, -0.15) is 0 Å². The SMILES string of the molecule is O=C(O)CN1CC[C@@]2(CCCN(CC3CCCCC3)C2=O)C1. The van der Waals surface area contributed by atoms with Gasteiger partial charge in [-0.05, 0) is 44.6 Å². The monoisotopic (exact) mass is 308 g/mol. The second kappa shape index (κ2) is 6.57. The molecule has 1 atom stereocenters. The van der Waals surface area contributed by atoms with Crippen LogP contribution in [0, 0.1) is 11.3 Å². The van der Waals surface area contributed by atoms with E-state index in [1.807, 2.05) is 4.90 Å². The molecule has 0 aromatic heterocycles. The molecule has 124 valence electrons. The molecule has 1 amide bonds. The Balaban J connectivity index is 1.61. The summed E-state index contributed by atoms with van der Waals surface area (Å²) in [5.74, 6) is 0.195. The molecule has 0 bridgehead atoms. The van der Waals surface area contributed by atoms with E-state index in [9.17, 15) is 9.59 Å². The first-order valence-corrected chi connectivity index (χ1v) is 8.83. The zero-order valence-corrected chi connectivity index (χ0v) is 13.4. The van der Waals surface area contributed by atoms with Crippen molar-refractivity contribution in [1.82, 2.24) is 9.80 Å². The molecule has 1 spiro atoms. The van der Waals surface area contributed by atoms with Crippen LogP contribution in [-0.4, -0.2) is 59.5 Å². The van der Waals surface area contributed by atoms with Crippen molar-refractivity contribution in [3.8, 4) is 0 Å². The zero-order valence-electron chi connectivity index (χ0n) is 13.4. The first-order valence-electron chi connectivity index (χ1n) is 8.83. The highest BCUT2D eigenvalue weighted by molar-refractivity contribution is 5.84. The number of hydrogen-bond donors (Lipinski definition) is 1. The largest absolute Gasteiger partial charge is 0.480 e. The maximum Gasteiger partial charge on any atom is 0.317 e. The molecular formula is C17H28N2O3. The minimum atomic E-state index is -0.792. The van der Waals surface area contributed by atoms with Gasteiger partial charge in [0.05, 0.1) is 12.0 Å². The molecule has 3 aliphatic rings. The lowest BCUT2D eigenvalue weighted by Gasteiger charge is -2.41. The van der Waals surface area contributed by atoms with Crippen LogP contribution >= 0.6 is 0 Å². The van der Waals surface area contributed by atoms with Gasteiger partial charge in [0.25, 0.3) is 0 Å². The first kappa shape index (κ1) is 15.8. The number of likely N-dealkylation sites (tertiary alicyclic amines) is 2. The van der Waals surface area contributed by atoms with Crippen molar-refractivity contribution in [2.45, 2.75) is 51.4 Å². The summed E-state index contributed by atoms with van der Waals surface area (Å²) in [6.07, 6.45) is 9.33. The number of piperidine rings is 1. The van der Waals surface area contributed by atoms with Crippen LogP contribution in [0.25, 0.3) is 0 Å². The van der Waals surface area contributed by atoms with Gasteiger partial charge in [0.15, 0.2) is 0 Å². The topological polar surface area (TPSA) is 60.9 Å². The molecule has 0 aromatic carbocycles. The van der Waals surface area contributed by atoms with Crippen molar-refractivity contribution in [3.63, 3.8) is 0 Å². The molecule has 0 unspecified atom stereocenters. The van der Waals surface area contributed by atoms with E-state index in [4.69, 9.17) is 5.11 Å². The highest BCUT2D eigenvalue weighted by atomic mass is 16.4. The maximum atomic E-state index is 13.0. The third kappa shape index (κ3) is 3.29. The second-order valence-electron chi connectivity index (χ2n) is 7.49. The lowest BCUT2D eigenvalue weighted by atomic mass is 9.77. The minimum absolute atomic E-state index is 0.0671. The molecule has 3 fully saturated rings. The molecule has 3 rings (SSSR count). The molecule has 0 radical (unpaired) electrons. The number of amides is 1. The average Bonchev–Trinajstić information content (AvgIpc) is 2.88. The Morgan fingerprint density at radius 2 is 1.91 bits per heavy atom. The summed E-state index contributed by atoms with van der Waals surface area (Å²) in [5.41, 5.74) is -0.289. The number of carbonyl (C=O) groups excluding carboxylic acids is 1. The van der Waals surface area contributed by atoms with Crippen molar-refractivity contribution < 1.29 is 14.7 Å². The summed E-state index contributed by atoms with van der Waals surface area (Å²) in [4.78, 5) is 27.9. The Bertz CT molecular complexity index is 434. The molecule has 2 aliphatic heterocycles. The first-order chi connectivity index (χ1) is 10.6. The van der Waals surface area contributed by atoms with Crippen LogP contribution in [0.2, 0.25) is 0 Å². The van der Waals surface area contributed by atoms with Gasteiger partial charge in [-0.3, -0.25) is 14.5 Å². The van der Waals surface area contributed by atoms with Gasteiger partial charge in [-0.1, -0.05) is 19.3 Å². The van der Waals surface area contributed by atoms with Crippen LogP contribution < -0.4 is 0 Å². The summed E-state index contributed by atoms with van der Waals surface area (Å²) in [7, 11) is 0. The number of rotatable bonds is 4. The van der Waals surface area contributed by atoms with E-state index in [-0.39, 0.29) is 12.0 Å². The smallest absolute Gasteiger partial charge is 0.317 e. The lowest BCUT2D eigenvalue weighted by molar-refractivity contribution is -0.147. The number of nitrogens with zero attached hydrogens (tertiary/aromatic N) is 2. The fourth-order valence-electron chi connectivity index (χ4n) is 4.67. The van der Waals surface area contributed by atoms with Crippen LogP contribution in [0.1, 0.15) is 51.4 Å². The summed E-state index contributed by atoms with van der Waals surface area (Å²) < 4.78 is 0. The van der Waals surface area contributed by atoms with E-state index >= 15 is 0 Å². The Labute approximate surface area is 132 Å². The number of aliphatic carboxylic acids is 1. The Morgan fingerprint density at radius 1 is 1.14 bits per heavy atom. The predicted molar refractivity (Wildman–Crippen MR) is 83.5 cm³/mol. The Kier molecular flexibility index (Phi) is 4.71. The molecule has 2 heterocycles. The fraction of sp³-hybridized carbons (Fsp3) is 0.882. The van der Waals surface area contributed by atoms with Crippen molar-refractivity contribution in [1.29, 1.82) is 0 Å². The summed E-state index contributed by atoms with van der Waals surface area (Å²) in [5, 5.41) is 8.96. The van der Waals surface area contributed by atoms with E-state index in [1.165, 1.54) is 32.1 Å². The fourth-order valence-corrected chi connectivity index (χ4v) is 4.67. The van der Waals surface area contributed by atoms with Crippen molar-refractivity contribution in [2.75, 3.05) is 32.7 Å². The van der Waals surface area contributed by atoms with E-state index in [1.54, 1.807) is 0 Å². The number of carboxylic acids is 1. The highest BCUT2D eigenvalue weighted by Crippen LogP contribution is 2.40. The quantitative estimate of drug-likeness (QED) is 0.862. The summed E-state index contributed by atoms with van der Waals surface area (Å²) >= 11 is 0. The van der Waals surface area contributed by atoms with Gasteiger partial charge in [-0.25, -0.2) is 0 Å². The Morgan fingerprint density at radius 3 is 2.64 bits per heavy atom. The van der Waals surface area contributed by atoms with Crippen molar-refractivity contribution in [3.05, 3.63) is 0 Å². The highest BCUT2D eigenvalue weighted by Gasteiger charge is 2.48. The third-order valence-corrected chi connectivity index (χ3v) is 5.82. The average molecular weight is 308 g/mol. The second-order valence-corrected chi connectivity index (χ2v) is 7.49. The van der Waals surface area contributed by atoms with Gasteiger partial charge in [0.2, 0.25) is 5.91 Å². The molecule has 0 aromatic rings.